The number of halogens is 1. The van der Waals surface area contributed by atoms with Gasteiger partial charge in [0.25, 0.3) is 6.49 Å². The van der Waals surface area contributed by atoms with Crippen LogP contribution in [0.25, 0.3) is 0 Å². The predicted octanol–water partition coefficient (Wildman–Crippen LogP) is 3.47. The summed E-state index contributed by atoms with van der Waals surface area (Å²) >= 11 is 6.01. The highest BCUT2D eigenvalue weighted by atomic mass is 35.7. The normalized spacial score (nSPS) is 15.0. The molecule has 22 heavy (non-hydrogen) atoms. The summed E-state index contributed by atoms with van der Waals surface area (Å²) in [5.74, 6) is 0. The fourth-order valence-electron chi connectivity index (χ4n) is 1.87. The number of hydroxylamine groups is 1. The Kier molecular flexibility index (Phi) is 5.92. The summed E-state index contributed by atoms with van der Waals surface area (Å²) < 4.78 is 12.5. The van der Waals surface area contributed by atoms with E-state index in [0.29, 0.717) is 11.9 Å². The lowest BCUT2D eigenvalue weighted by atomic mass is 10.2. The molecule has 0 bridgehead atoms. The zero-order valence-electron chi connectivity index (χ0n) is 12.1. The molecule has 2 atom stereocenters. The van der Waals surface area contributed by atoms with E-state index < -0.39 is 18.1 Å². The summed E-state index contributed by atoms with van der Waals surface area (Å²) in [6, 6.07) is 17.1. The van der Waals surface area contributed by atoms with Gasteiger partial charge in [0.05, 0.1) is 12.6 Å². The average Bonchev–Trinajstić information content (AvgIpc) is 2.55. The monoisotopic (exact) mass is 337 g/mol. The van der Waals surface area contributed by atoms with E-state index in [1.54, 1.807) is 37.3 Å². The molecule has 2 aromatic rings. The van der Waals surface area contributed by atoms with Gasteiger partial charge in [-0.1, -0.05) is 48.5 Å². The topological polar surface area (TPSA) is 55.4 Å². The van der Waals surface area contributed by atoms with E-state index in [1.807, 2.05) is 30.3 Å². The SMILES string of the molecule is C[C@H](NOCc1ccccc1)C(=O)P(=O)(Cl)c1ccccc1. The van der Waals surface area contributed by atoms with E-state index in [1.165, 1.54) is 0 Å². The summed E-state index contributed by atoms with van der Waals surface area (Å²) in [5, 5.41) is 0.332. The third kappa shape index (κ3) is 4.28. The molecule has 2 aromatic carbocycles. The van der Waals surface area contributed by atoms with Crippen molar-refractivity contribution in [3.63, 3.8) is 0 Å². The van der Waals surface area contributed by atoms with Gasteiger partial charge in [-0.3, -0.25) is 14.2 Å². The van der Waals surface area contributed by atoms with Crippen LogP contribution in [0.3, 0.4) is 0 Å². The number of nitrogens with one attached hydrogen (secondary N) is 1. The van der Waals surface area contributed by atoms with Crippen LogP contribution in [-0.2, 0) is 20.8 Å². The third-order valence-corrected chi connectivity index (χ3v) is 6.09. The Labute approximate surface area is 134 Å². The number of hydrogen-bond donors (Lipinski definition) is 1. The molecule has 2 rings (SSSR count). The number of carbonyl (C=O) groups excluding carboxylic acids is 1. The van der Waals surface area contributed by atoms with Crippen LogP contribution in [0.4, 0.5) is 0 Å². The molecule has 4 nitrogen and oxygen atoms in total. The van der Waals surface area contributed by atoms with E-state index in [4.69, 9.17) is 16.1 Å². The molecule has 0 radical (unpaired) electrons. The number of carbonyl (C=O) groups is 1. The Hall–Kier alpha value is -1.45. The zero-order chi connectivity index (χ0) is 16.0. The molecule has 0 amide bonds. The van der Waals surface area contributed by atoms with Gasteiger partial charge in [-0.05, 0) is 35.9 Å². The van der Waals surface area contributed by atoms with E-state index in [2.05, 4.69) is 5.48 Å². The van der Waals surface area contributed by atoms with Gasteiger partial charge in [-0.25, -0.2) is 0 Å². The number of rotatable bonds is 7. The molecule has 116 valence electrons. The van der Waals surface area contributed by atoms with E-state index in [9.17, 15) is 9.36 Å². The standard InChI is InChI=1S/C16H17ClNO3P/c1-13(18-21-12-14-8-4-2-5-9-14)16(19)22(17,20)15-10-6-3-7-11-15/h2-11,13,18H,12H2,1H3/t13-,22?/m0/s1. The van der Waals surface area contributed by atoms with Crippen LogP contribution >= 0.6 is 17.7 Å². The van der Waals surface area contributed by atoms with Crippen molar-refractivity contribution in [2.45, 2.75) is 19.6 Å². The summed E-state index contributed by atoms with van der Waals surface area (Å²) in [5.41, 5.74) is 2.99. The fourth-order valence-corrected chi connectivity index (χ4v) is 4.01. The largest absolute Gasteiger partial charge is 0.296 e. The van der Waals surface area contributed by atoms with Crippen molar-refractivity contribution in [2.24, 2.45) is 0 Å². The molecule has 6 heteroatoms. The lowest BCUT2D eigenvalue weighted by Gasteiger charge is -2.16. The van der Waals surface area contributed by atoms with Crippen LogP contribution in [0.15, 0.2) is 60.7 Å². The second-order valence-corrected chi connectivity index (χ2v) is 8.27. The Bertz CT molecular complexity index is 664. The van der Waals surface area contributed by atoms with Gasteiger partial charge in [-0.15, -0.1) is 0 Å². The van der Waals surface area contributed by atoms with Crippen molar-refractivity contribution >= 4 is 28.6 Å². The smallest absolute Gasteiger partial charge is 0.261 e. The van der Waals surface area contributed by atoms with Gasteiger partial charge >= 0.3 is 0 Å². The Morgan fingerprint density at radius 3 is 2.27 bits per heavy atom. The number of benzene rings is 2. The maximum absolute atomic E-state index is 12.5. The molecule has 0 aromatic heterocycles. The maximum Gasteiger partial charge on any atom is 0.261 e. The van der Waals surface area contributed by atoms with E-state index in [0.717, 1.165) is 5.56 Å². The molecule has 0 aliphatic carbocycles. The quantitative estimate of drug-likeness (QED) is 0.621. The first-order valence-corrected chi connectivity index (χ1v) is 9.44. The van der Waals surface area contributed by atoms with Crippen molar-refractivity contribution < 1.29 is 14.2 Å². The van der Waals surface area contributed by atoms with Crippen LogP contribution in [0.2, 0.25) is 0 Å². The highest BCUT2D eigenvalue weighted by molar-refractivity contribution is 8.07. The predicted molar refractivity (Wildman–Crippen MR) is 88.4 cm³/mol. The van der Waals surface area contributed by atoms with E-state index >= 15 is 0 Å². The molecule has 1 unspecified atom stereocenters. The molecule has 0 aliphatic heterocycles. The second kappa shape index (κ2) is 7.70. The van der Waals surface area contributed by atoms with Crippen molar-refractivity contribution in [1.29, 1.82) is 0 Å². The van der Waals surface area contributed by atoms with Crippen molar-refractivity contribution in [3.8, 4) is 0 Å². The lowest BCUT2D eigenvalue weighted by Crippen LogP contribution is -2.34. The molecular formula is C16H17ClNO3P. The molecule has 0 saturated carbocycles. The Balaban J connectivity index is 1.93. The van der Waals surface area contributed by atoms with Crippen molar-refractivity contribution in [1.82, 2.24) is 5.48 Å². The minimum absolute atomic E-state index is 0.302. The highest BCUT2D eigenvalue weighted by Crippen LogP contribution is 2.51. The van der Waals surface area contributed by atoms with Crippen LogP contribution in [0.5, 0.6) is 0 Å². The zero-order valence-corrected chi connectivity index (χ0v) is 13.8. The van der Waals surface area contributed by atoms with Gasteiger partial charge in [0.1, 0.15) is 0 Å². The van der Waals surface area contributed by atoms with E-state index in [-0.39, 0.29) is 0 Å². The summed E-state index contributed by atoms with van der Waals surface area (Å²) in [7, 11) is 0. The fraction of sp³-hybridized carbons (Fsp3) is 0.188. The van der Waals surface area contributed by atoms with Gasteiger partial charge in [0, 0.05) is 5.30 Å². The van der Waals surface area contributed by atoms with Crippen molar-refractivity contribution in [2.75, 3.05) is 0 Å². The van der Waals surface area contributed by atoms with Crippen LogP contribution < -0.4 is 10.8 Å². The van der Waals surface area contributed by atoms with Gasteiger partial charge in [0.2, 0.25) is 5.52 Å². The summed E-state index contributed by atoms with van der Waals surface area (Å²) in [4.78, 5) is 17.6. The Morgan fingerprint density at radius 2 is 1.68 bits per heavy atom. The van der Waals surface area contributed by atoms with Crippen LogP contribution in [0.1, 0.15) is 12.5 Å². The molecule has 0 fully saturated rings. The Morgan fingerprint density at radius 1 is 1.14 bits per heavy atom. The first kappa shape index (κ1) is 16.9. The second-order valence-electron chi connectivity index (χ2n) is 4.82. The summed E-state index contributed by atoms with van der Waals surface area (Å²) in [6.45, 7) is -1.74. The minimum Gasteiger partial charge on any atom is -0.296 e. The molecular weight excluding hydrogens is 321 g/mol. The summed E-state index contributed by atoms with van der Waals surface area (Å²) in [6.07, 6.45) is 0. The van der Waals surface area contributed by atoms with Gasteiger partial charge in [-0.2, -0.15) is 5.48 Å². The van der Waals surface area contributed by atoms with Crippen LogP contribution in [-0.4, -0.2) is 11.6 Å². The van der Waals surface area contributed by atoms with Crippen molar-refractivity contribution in [3.05, 3.63) is 66.2 Å². The average molecular weight is 338 g/mol. The van der Waals surface area contributed by atoms with Gasteiger partial charge < -0.3 is 0 Å². The molecule has 0 spiro atoms. The highest BCUT2D eigenvalue weighted by Gasteiger charge is 2.34. The van der Waals surface area contributed by atoms with Gasteiger partial charge in [0.15, 0.2) is 0 Å². The molecule has 0 saturated heterocycles. The molecule has 0 aliphatic rings. The first-order chi connectivity index (χ1) is 10.5. The number of hydrogen-bond acceptors (Lipinski definition) is 4. The first-order valence-electron chi connectivity index (χ1n) is 6.83. The van der Waals surface area contributed by atoms with Crippen LogP contribution in [0, 0.1) is 0 Å². The third-order valence-electron chi connectivity index (χ3n) is 3.08. The molecule has 1 N–H and O–H groups in total. The minimum atomic E-state index is -3.61. The lowest BCUT2D eigenvalue weighted by molar-refractivity contribution is -0.117. The molecule has 0 heterocycles. The maximum atomic E-state index is 12.5.